The van der Waals surface area contributed by atoms with Crippen LogP contribution in [0.5, 0.6) is 11.5 Å². The van der Waals surface area contributed by atoms with Gasteiger partial charge < -0.3 is 9.84 Å². The molecule has 0 aliphatic carbocycles. The zero-order valence-electron chi connectivity index (χ0n) is 16.8. The fourth-order valence-corrected chi connectivity index (χ4v) is 2.40. The minimum atomic E-state index is -0.912. The van der Waals surface area contributed by atoms with Gasteiger partial charge in [0.1, 0.15) is 11.5 Å². The number of hydrogen-bond donors (Lipinski definition) is 1. The average Bonchev–Trinajstić information content (AvgIpc) is 2.71. The van der Waals surface area contributed by atoms with E-state index in [0.717, 1.165) is 16.9 Å². The lowest BCUT2D eigenvalue weighted by atomic mass is 9.96. The predicted octanol–water partition coefficient (Wildman–Crippen LogP) is 5.12. The Kier molecular flexibility index (Phi) is 6.35. The zero-order chi connectivity index (χ0) is 21.7. The number of carboxylic acids is 1. The van der Waals surface area contributed by atoms with E-state index >= 15 is 0 Å². The second-order valence-electron chi connectivity index (χ2n) is 7.52. The quantitative estimate of drug-likeness (QED) is 0.622. The zero-order valence-corrected chi connectivity index (χ0v) is 16.8. The molecule has 0 spiro atoms. The number of aromatic carboxylic acids is 1. The molecule has 1 heterocycles. The summed E-state index contributed by atoms with van der Waals surface area (Å²) in [5, 5.41) is 33.8. The van der Waals surface area contributed by atoms with E-state index in [1.807, 2.05) is 36.4 Å². The lowest BCUT2D eigenvalue weighted by Gasteiger charge is -2.21. The molecular weight excluding hydrogens is 368 g/mol. The molecule has 7 nitrogen and oxygen atoms in total. The van der Waals surface area contributed by atoms with Gasteiger partial charge in [-0.1, -0.05) is 24.3 Å². The molecule has 148 valence electrons. The monoisotopic (exact) mass is 390 g/mol. The van der Waals surface area contributed by atoms with Gasteiger partial charge in [0, 0.05) is 12.0 Å². The summed E-state index contributed by atoms with van der Waals surface area (Å²) in [6.45, 7) is 6.57. The van der Waals surface area contributed by atoms with Crippen LogP contribution in [0.4, 0.5) is 0 Å². The molecule has 0 radical (unpaired) electrons. The fraction of sp³-hybridized carbons (Fsp3) is 0.318. The molecule has 0 saturated heterocycles. The summed E-state index contributed by atoms with van der Waals surface area (Å²) in [6, 6.07) is 16.7. The third-order valence-electron chi connectivity index (χ3n) is 4.02. The van der Waals surface area contributed by atoms with E-state index in [4.69, 9.17) is 20.4 Å². The minimum Gasteiger partial charge on any atom is -0.478 e. The molecule has 3 rings (SSSR count). The van der Waals surface area contributed by atoms with E-state index in [9.17, 15) is 4.79 Å². The molecule has 2 aromatic rings. The summed E-state index contributed by atoms with van der Waals surface area (Å²) in [4.78, 5) is 11.1. The first-order chi connectivity index (χ1) is 13.6. The molecule has 1 aliphatic rings. The minimum absolute atomic E-state index is 0.317. The average molecular weight is 390 g/mol. The highest BCUT2D eigenvalue weighted by Crippen LogP contribution is 2.37. The van der Waals surface area contributed by atoms with Crippen molar-refractivity contribution in [2.24, 2.45) is 10.2 Å². The highest BCUT2D eigenvalue weighted by Gasteiger charge is 2.22. The lowest BCUT2D eigenvalue weighted by Crippen LogP contribution is -2.17. The van der Waals surface area contributed by atoms with Gasteiger partial charge in [0.2, 0.25) is 0 Å². The Morgan fingerprint density at radius 1 is 0.966 bits per heavy atom. The van der Waals surface area contributed by atoms with Crippen molar-refractivity contribution in [2.45, 2.75) is 45.2 Å². The summed E-state index contributed by atoms with van der Waals surface area (Å²) in [6.07, 6.45) is 0.605. The van der Waals surface area contributed by atoms with E-state index in [1.54, 1.807) is 45.9 Å². The van der Waals surface area contributed by atoms with Crippen molar-refractivity contribution >= 4 is 5.97 Å². The predicted molar refractivity (Wildman–Crippen MR) is 107 cm³/mol. The highest BCUT2D eigenvalue weighted by atomic mass is 16.5. The van der Waals surface area contributed by atoms with Crippen LogP contribution in [0, 0.1) is 22.7 Å². The molecule has 0 fully saturated rings. The third kappa shape index (κ3) is 5.63. The number of carboxylic acid groups (broad SMARTS) is 1. The van der Waals surface area contributed by atoms with Crippen LogP contribution in [0.3, 0.4) is 0 Å². The number of azo groups is 1. The maximum Gasteiger partial charge on any atom is 0.336 e. The van der Waals surface area contributed by atoms with Crippen molar-refractivity contribution in [1.29, 1.82) is 10.5 Å². The first kappa shape index (κ1) is 21.6. The van der Waals surface area contributed by atoms with Crippen LogP contribution in [0.25, 0.3) is 0 Å². The van der Waals surface area contributed by atoms with Crippen molar-refractivity contribution in [3.8, 4) is 23.6 Å². The van der Waals surface area contributed by atoms with Crippen LogP contribution in [0.1, 0.15) is 49.2 Å². The maximum absolute atomic E-state index is 11.1. The maximum atomic E-state index is 11.1. The number of hydrogen-bond acceptors (Lipinski definition) is 6. The Bertz CT molecular complexity index is 999. The number of nitriles is 2. The number of carbonyl (C=O) groups is 1. The molecule has 0 atom stereocenters. The van der Waals surface area contributed by atoms with Crippen molar-refractivity contribution in [2.75, 3.05) is 0 Å². The lowest BCUT2D eigenvalue weighted by molar-refractivity contribution is 0.0695. The Balaban J connectivity index is 0.000000223. The molecule has 7 heteroatoms. The van der Waals surface area contributed by atoms with Gasteiger partial charge in [0.15, 0.2) is 11.1 Å². The van der Waals surface area contributed by atoms with Crippen LogP contribution in [-0.4, -0.2) is 22.2 Å². The number of fused-ring (bicyclic) bond motifs is 2. The number of para-hydroxylation sites is 1. The van der Waals surface area contributed by atoms with Gasteiger partial charge in [-0.3, -0.25) is 0 Å². The van der Waals surface area contributed by atoms with Gasteiger partial charge in [-0.25, -0.2) is 4.79 Å². The van der Waals surface area contributed by atoms with Crippen LogP contribution < -0.4 is 4.74 Å². The molecule has 1 aliphatic heterocycles. The van der Waals surface area contributed by atoms with Gasteiger partial charge in [-0.15, -0.1) is 0 Å². The summed E-state index contributed by atoms with van der Waals surface area (Å²) >= 11 is 0. The van der Waals surface area contributed by atoms with E-state index in [-0.39, 0.29) is 0 Å². The fourth-order valence-electron chi connectivity index (χ4n) is 2.40. The Hall–Kier alpha value is -3.71. The van der Waals surface area contributed by atoms with Gasteiger partial charge in [0.05, 0.1) is 17.7 Å². The Morgan fingerprint density at radius 3 is 2.07 bits per heavy atom. The first-order valence-corrected chi connectivity index (χ1v) is 8.96. The van der Waals surface area contributed by atoms with E-state index in [2.05, 4.69) is 10.2 Å². The van der Waals surface area contributed by atoms with Crippen molar-refractivity contribution in [1.82, 2.24) is 0 Å². The van der Waals surface area contributed by atoms with Crippen molar-refractivity contribution in [3.05, 3.63) is 59.2 Å². The molecular formula is C22H22N4O3. The number of nitrogens with zero attached hydrogens (tertiary/aromatic N) is 4. The van der Waals surface area contributed by atoms with Gasteiger partial charge >= 0.3 is 5.97 Å². The highest BCUT2D eigenvalue weighted by molar-refractivity contribution is 5.90. The van der Waals surface area contributed by atoms with Gasteiger partial charge in [0.25, 0.3) is 0 Å². The van der Waals surface area contributed by atoms with Crippen molar-refractivity contribution < 1.29 is 14.6 Å². The Morgan fingerprint density at radius 2 is 1.52 bits per heavy atom. The molecule has 0 aromatic heterocycles. The normalized spacial score (nSPS) is 12.3. The third-order valence-corrected chi connectivity index (χ3v) is 4.02. The second kappa shape index (κ2) is 8.53. The number of ether oxygens (including phenoxy) is 1. The topological polar surface area (TPSA) is 119 Å². The Labute approximate surface area is 169 Å². The molecule has 0 amide bonds. The first-order valence-electron chi connectivity index (χ1n) is 8.96. The van der Waals surface area contributed by atoms with Crippen LogP contribution in [0.15, 0.2) is 52.7 Å². The second-order valence-corrected chi connectivity index (χ2v) is 7.52. The molecule has 1 N–H and O–H groups in total. The molecule has 0 bridgehead atoms. The molecule has 0 saturated carbocycles. The summed E-state index contributed by atoms with van der Waals surface area (Å²) in [7, 11) is 0. The smallest absolute Gasteiger partial charge is 0.336 e. The summed E-state index contributed by atoms with van der Waals surface area (Å²) < 4.78 is 5.70. The van der Waals surface area contributed by atoms with Crippen LogP contribution >= 0.6 is 0 Å². The van der Waals surface area contributed by atoms with Crippen molar-refractivity contribution in [3.63, 3.8) is 0 Å². The van der Waals surface area contributed by atoms with E-state index in [1.165, 1.54) is 0 Å². The SMILES string of the molecule is CC(C)(C#N)N=NC(C)(C)C#N.O=C(O)c1cccc2c1Cc1ccccc1O2. The summed E-state index contributed by atoms with van der Waals surface area (Å²) in [5.41, 5.74) is 0.409. The van der Waals surface area contributed by atoms with Crippen LogP contribution in [-0.2, 0) is 6.42 Å². The van der Waals surface area contributed by atoms with Gasteiger partial charge in [-0.05, 0) is 51.5 Å². The molecule has 2 aromatic carbocycles. The molecule has 29 heavy (non-hydrogen) atoms. The largest absolute Gasteiger partial charge is 0.478 e. The standard InChI is InChI=1S/C14H10O3.C8H12N4/c15-14(16)10-5-3-7-13-11(10)8-9-4-1-2-6-12(9)17-13;1-7(2,5-9)11-12-8(3,4)6-10/h1-7H,8H2,(H,15,16);1-4H3. The van der Waals surface area contributed by atoms with Gasteiger partial charge in [-0.2, -0.15) is 20.8 Å². The van der Waals surface area contributed by atoms with E-state index < -0.39 is 17.0 Å². The molecule has 0 unspecified atom stereocenters. The summed E-state index contributed by atoms with van der Waals surface area (Å²) in [5.74, 6) is 0.538. The number of rotatable bonds is 3. The number of benzene rings is 2. The van der Waals surface area contributed by atoms with Crippen LogP contribution in [0.2, 0.25) is 0 Å². The van der Waals surface area contributed by atoms with E-state index in [0.29, 0.717) is 17.7 Å².